The second kappa shape index (κ2) is 15.2. The third-order valence-corrected chi connectivity index (χ3v) is 15.5. The molecule has 0 aliphatic heterocycles. The molecule has 0 radical (unpaired) electrons. The fraction of sp³-hybridized carbons (Fsp3) is 0.103. The number of thiophene rings is 2. The van der Waals surface area contributed by atoms with E-state index in [1.54, 1.807) is 0 Å². The number of nitrogens with zero attached hydrogens (tertiary/aromatic N) is 1. The fourth-order valence-corrected chi connectivity index (χ4v) is 12.7. The van der Waals surface area contributed by atoms with Crippen LogP contribution in [0.2, 0.25) is 0 Å². The summed E-state index contributed by atoms with van der Waals surface area (Å²) in [5, 5.41) is 8.04. The first kappa shape index (κ1) is 36.3. The summed E-state index contributed by atoms with van der Waals surface area (Å²) in [4.78, 5) is 2.48. The van der Waals surface area contributed by atoms with E-state index in [1.807, 2.05) is 22.7 Å². The number of hydrogen-bond donors (Lipinski definition) is 0. The van der Waals surface area contributed by atoms with Crippen LogP contribution in [0.3, 0.4) is 0 Å². The lowest BCUT2D eigenvalue weighted by molar-refractivity contribution is 0.445. The van der Waals surface area contributed by atoms with Gasteiger partial charge in [-0.2, -0.15) is 0 Å². The summed E-state index contributed by atoms with van der Waals surface area (Å²) >= 11 is 3.78. The summed E-state index contributed by atoms with van der Waals surface area (Å²) in [5.41, 5.74) is 12.5. The van der Waals surface area contributed by atoms with Gasteiger partial charge in [-0.3, -0.25) is 0 Å². The van der Waals surface area contributed by atoms with E-state index in [0.717, 1.165) is 11.4 Å². The van der Waals surface area contributed by atoms with Crippen LogP contribution in [0.15, 0.2) is 194 Å². The summed E-state index contributed by atoms with van der Waals surface area (Å²) in [6.45, 7) is 0. The lowest BCUT2D eigenvalue weighted by Gasteiger charge is -2.29. The standard InChI is InChI=1S/C58H43NS2/c1-2-14-38(15-3-1)44-21-10-16-41-17-11-24-50(56(41)44)47-18-4-7-27-53(47)59(42-34-30-39(31-35-42)45-22-12-25-51-48-19-5-8-28-54(48)60-57(45)51)43-36-32-40(33-37-43)46-23-13-26-52-49-20-6-9-29-55(49)61-58(46)52/h4-13,16-38H,1-3,14-15H2. The molecule has 0 atom stereocenters. The largest absolute Gasteiger partial charge is 0.310 e. The Morgan fingerprint density at radius 2 is 0.852 bits per heavy atom. The smallest absolute Gasteiger partial charge is 0.0540 e. The first-order chi connectivity index (χ1) is 30.3. The molecule has 1 fully saturated rings. The number of rotatable bonds is 7. The third kappa shape index (κ3) is 6.26. The Bertz CT molecular complexity index is 3240. The predicted molar refractivity (Wildman–Crippen MR) is 267 cm³/mol. The first-order valence-electron chi connectivity index (χ1n) is 21.7. The van der Waals surface area contributed by atoms with Gasteiger partial charge in [0, 0.05) is 57.3 Å². The van der Waals surface area contributed by atoms with E-state index in [1.165, 1.54) is 128 Å². The van der Waals surface area contributed by atoms with Gasteiger partial charge in [0.1, 0.15) is 0 Å². The molecule has 0 N–H and O–H groups in total. The Balaban J connectivity index is 1.02. The molecular formula is C58H43NS2. The lowest BCUT2D eigenvalue weighted by Crippen LogP contribution is -2.11. The average Bonchev–Trinajstić information content (AvgIpc) is 3.91. The zero-order valence-corrected chi connectivity index (χ0v) is 35.5. The monoisotopic (exact) mass is 817 g/mol. The molecule has 1 nitrogen and oxygen atoms in total. The Kier molecular flexibility index (Phi) is 9.05. The minimum absolute atomic E-state index is 0.595. The van der Waals surface area contributed by atoms with Crippen molar-refractivity contribution >= 4 is 90.9 Å². The van der Waals surface area contributed by atoms with Crippen LogP contribution in [0.25, 0.3) is 84.5 Å². The molecule has 61 heavy (non-hydrogen) atoms. The highest BCUT2D eigenvalue weighted by molar-refractivity contribution is 7.26. The highest BCUT2D eigenvalue weighted by Crippen LogP contribution is 2.48. The zero-order chi connectivity index (χ0) is 40.3. The Morgan fingerprint density at radius 1 is 0.377 bits per heavy atom. The molecule has 9 aromatic carbocycles. The van der Waals surface area contributed by atoms with E-state index >= 15 is 0 Å². The van der Waals surface area contributed by atoms with Crippen molar-refractivity contribution in [3.05, 3.63) is 200 Å². The number of hydrogen-bond acceptors (Lipinski definition) is 3. The first-order valence-corrected chi connectivity index (χ1v) is 23.3. The molecule has 0 unspecified atom stereocenters. The molecule has 2 aromatic heterocycles. The van der Waals surface area contributed by atoms with Gasteiger partial charge in [0.05, 0.1) is 5.69 Å². The molecule has 0 spiro atoms. The van der Waals surface area contributed by atoms with Crippen LogP contribution in [0, 0.1) is 0 Å². The van der Waals surface area contributed by atoms with Gasteiger partial charge in [0.2, 0.25) is 0 Å². The molecule has 0 amide bonds. The summed E-state index contributed by atoms with van der Waals surface area (Å²) < 4.78 is 5.34. The molecule has 0 saturated heterocycles. The molecule has 292 valence electrons. The molecule has 3 heteroatoms. The van der Waals surface area contributed by atoms with Crippen molar-refractivity contribution in [3.8, 4) is 33.4 Å². The molecule has 0 bridgehead atoms. The lowest BCUT2D eigenvalue weighted by atomic mass is 9.80. The Morgan fingerprint density at radius 3 is 1.46 bits per heavy atom. The van der Waals surface area contributed by atoms with Crippen LogP contribution in [-0.2, 0) is 0 Å². The van der Waals surface area contributed by atoms with Gasteiger partial charge in [-0.05, 0) is 105 Å². The van der Waals surface area contributed by atoms with Gasteiger partial charge in [0.25, 0.3) is 0 Å². The maximum absolute atomic E-state index is 2.48. The van der Waals surface area contributed by atoms with Gasteiger partial charge in [0.15, 0.2) is 0 Å². The Hall–Kier alpha value is -6.52. The van der Waals surface area contributed by atoms with Crippen molar-refractivity contribution in [1.82, 2.24) is 0 Å². The summed E-state index contributed by atoms with van der Waals surface area (Å²) in [7, 11) is 0. The summed E-state index contributed by atoms with van der Waals surface area (Å²) in [6.07, 6.45) is 6.51. The van der Waals surface area contributed by atoms with Gasteiger partial charge in [-0.1, -0.05) is 171 Å². The van der Waals surface area contributed by atoms with Crippen LogP contribution in [0.1, 0.15) is 43.6 Å². The molecule has 11 aromatic rings. The van der Waals surface area contributed by atoms with Crippen molar-refractivity contribution in [3.63, 3.8) is 0 Å². The van der Waals surface area contributed by atoms with Crippen molar-refractivity contribution in [1.29, 1.82) is 0 Å². The van der Waals surface area contributed by atoms with Crippen molar-refractivity contribution in [2.75, 3.05) is 4.90 Å². The van der Waals surface area contributed by atoms with E-state index in [-0.39, 0.29) is 0 Å². The maximum Gasteiger partial charge on any atom is 0.0540 e. The minimum atomic E-state index is 0.595. The topological polar surface area (TPSA) is 3.24 Å². The van der Waals surface area contributed by atoms with Gasteiger partial charge >= 0.3 is 0 Å². The fourth-order valence-electron chi connectivity index (χ4n) is 10.2. The molecule has 1 aliphatic rings. The average molecular weight is 818 g/mol. The van der Waals surface area contributed by atoms with Crippen LogP contribution in [0.5, 0.6) is 0 Å². The second-order valence-corrected chi connectivity index (χ2v) is 18.7. The normalized spacial score (nSPS) is 13.5. The molecule has 1 saturated carbocycles. The minimum Gasteiger partial charge on any atom is -0.310 e. The third-order valence-electron chi connectivity index (χ3n) is 13.1. The summed E-state index contributed by atoms with van der Waals surface area (Å²) in [5.74, 6) is 0.595. The zero-order valence-electron chi connectivity index (χ0n) is 33.9. The molecule has 12 rings (SSSR count). The van der Waals surface area contributed by atoms with Gasteiger partial charge in [-0.15, -0.1) is 22.7 Å². The quantitative estimate of drug-likeness (QED) is 0.155. The molecular weight excluding hydrogens is 775 g/mol. The Labute approximate surface area is 364 Å². The second-order valence-electron chi connectivity index (χ2n) is 16.6. The molecule has 1 aliphatic carbocycles. The van der Waals surface area contributed by atoms with Crippen LogP contribution >= 0.6 is 22.7 Å². The highest BCUT2D eigenvalue weighted by atomic mass is 32.1. The number of benzene rings is 9. The van der Waals surface area contributed by atoms with Gasteiger partial charge in [-0.25, -0.2) is 0 Å². The van der Waals surface area contributed by atoms with E-state index < -0.39 is 0 Å². The van der Waals surface area contributed by atoms with Crippen molar-refractivity contribution in [2.45, 2.75) is 38.0 Å². The van der Waals surface area contributed by atoms with Crippen molar-refractivity contribution < 1.29 is 0 Å². The predicted octanol–water partition coefficient (Wildman–Crippen LogP) is 18.1. The SMILES string of the molecule is c1ccc(N(c2ccc(-c3cccc4c3sc3ccccc34)cc2)c2ccc(-c3cccc4c3sc3ccccc34)cc2)c(-c2cccc3cccc(C4CCCCC4)c23)c1. The van der Waals surface area contributed by atoms with Crippen molar-refractivity contribution in [2.24, 2.45) is 0 Å². The maximum atomic E-state index is 2.48. The number of fused-ring (bicyclic) bond motifs is 7. The summed E-state index contributed by atoms with van der Waals surface area (Å²) in [6, 6.07) is 72.6. The van der Waals surface area contributed by atoms with Gasteiger partial charge < -0.3 is 4.90 Å². The van der Waals surface area contributed by atoms with E-state index in [4.69, 9.17) is 0 Å². The highest BCUT2D eigenvalue weighted by Gasteiger charge is 2.23. The number of para-hydroxylation sites is 1. The number of anilines is 3. The molecule has 2 heterocycles. The van der Waals surface area contributed by atoms with Crippen LogP contribution in [-0.4, -0.2) is 0 Å². The van der Waals surface area contributed by atoms with Crippen LogP contribution < -0.4 is 4.90 Å². The van der Waals surface area contributed by atoms with Crippen LogP contribution in [0.4, 0.5) is 17.1 Å². The van der Waals surface area contributed by atoms with E-state index in [0.29, 0.717) is 5.92 Å². The van der Waals surface area contributed by atoms with E-state index in [2.05, 4.69) is 199 Å². The van der Waals surface area contributed by atoms with E-state index in [9.17, 15) is 0 Å².